The second kappa shape index (κ2) is 10.1. The van der Waals surface area contributed by atoms with Crippen LogP contribution < -0.4 is 14.4 Å². The van der Waals surface area contributed by atoms with Gasteiger partial charge in [-0.3, -0.25) is 9.59 Å². The van der Waals surface area contributed by atoms with Crippen LogP contribution in [-0.2, 0) is 9.53 Å². The SMILES string of the molecule is COc1ccc(OC)c(C(=O)COC(=O)CN(c2ccccc2)c2ccccc2)c1. The molecule has 6 nitrogen and oxygen atoms in total. The van der Waals surface area contributed by atoms with E-state index in [1.54, 1.807) is 18.2 Å². The second-order valence-corrected chi connectivity index (χ2v) is 6.41. The lowest BCUT2D eigenvalue weighted by Crippen LogP contribution is -2.28. The lowest BCUT2D eigenvalue weighted by Gasteiger charge is -2.24. The topological polar surface area (TPSA) is 65.1 Å². The molecule has 0 aromatic heterocycles. The summed E-state index contributed by atoms with van der Waals surface area (Å²) < 4.78 is 15.7. The van der Waals surface area contributed by atoms with Gasteiger partial charge in [0.2, 0.25) is 5.78 Å². The predicted molar refractivity (Wildman–Crippen MR) is 115 cm³/mol. The lowest BCUT2D eigenvalue weighted by molar-refractivity contribution is -0.140. The number of methoxy groups -OCH3 is 2. The molecule has 0 radical (unpaired) electrons. The van der Waals surface area contributed by atoms with E-state index in [9.17, 15) is 9.59 Å². The molecule has 0 bridgehead atoms. The van der Waals surface area contributed by atoms with E-state index in [1.165, 1.54) is 14.2 Å². The van der Waals surface area contributed by atoms with E-state index in [2.05, 4.69) is 0 Å². The van der Waals surface area contributed by atoms with E-state index in [-0.39, 0.29) is 18.9 Å². The maximum Gasteiger partial charge on any atom is 0.326 e. The van der Waals surface area contributed by atoms with Crippen molar-refractivity contribution in [1.29, 1.82) is 0 Å². The van der Waals surface area contributed by atoms with Crippen molar-refractivity contribution in [3.8, 4) is 11.5 Å². The summed E-state index contributed by atoms with van der Waals surface area (Å²) in [5, 5.41) is 0. The van der Waals surface area contributed by atoms with E-state index in [4.69, 9.17) is 14.2 Å². The first-order valence-electron chi connectivity index (χ1n) is 9.41. The number of ketones is 1. The van der Waals surface area contributed by atoms with Crippen LogP contribution in [0.4, 0.5) is 11.4 Å². The molecular weight excluding hydrogens is 382 g/mol. The molecule has 3 rings (SSSR count). The Labute approximate surface area is 175 Å². The van der Waals surface area contributed by atoms with Gasteiger partial charge in [0.25, 0.3) is 0 Å². The normalized spacial score (nSPS) is 10.2. The first-order valence-corrected chi connectivity index (χ1v) is 9.41. The quantitative estimate of drug-likeness (QED) is 0.391. The number of hydrogen-bond acceptors (Lipinski definition) is 6. The highest BCUT2D eigenvalue weighted by atomic mass is 16.5. The number of anilines is 2. The van der Waals surface area contributed by atoms with Gasteiger partial charge in [-0.25, -0.2) is 0 Å². The molecule has 154 valence electrons. The van der Waals surface area contributed by atoms with Crippen LogP contribution in [0.5, 0.6) is 11.5 Å². The molecule has 0 saturated heterocycles. The highest BCUT2D eigenvalue weighted by Gasteiger charge is 2.18. The molecule has 0 aliphatic carbocycles. The minimum atomic E-state index is -0.516. The van der Waals surface area contributed by atoms with Crippen LogP contribution >= 0.6 is 0 Å². The lowest BCUT2D eigenvalue weighted by atomic mass is 10.1. The highest BCUT2D eigenvalue weighted by molar-refractivity contribution is 6.01. The van der Waals surface area contributed by atoms with Gasteiger partial charge in [0.05, 0.1) is 19.8 Å². The number of para-hydroxylation sites is 2. The van der Waals surface area contributed by atoms with Gasteiger partial charge in [0.15, 0.2) is 6.61 Å². The molecule has 0 spiro atoms. The monoisotopic (exact) mass is 405 g/mol. The van der Waals surface area contributed by atoms with Crippen LogP contribution in [0.3, 0.4) is 0 Å². The molecule has 3 aromatic carbocycles. The molecular formula is C24H23NO5. The van der Waals surface area contributed by atoms with E-state index >= 15 is 0 Å². The van der Waals surface area contributed by atoms with Gasteiger partial charge in [-0.15, -0.1) is 0 Å². The number of ether oxygens (including phenoxy) is 3. The largest absolute Gasteiger partial charge is 0.497 e. The van der Waals surface area contributed by atoms with Crippen molar-refractivity contribution >= 4 is 23.1 Å². The van der Waals surface area contributed by atoms with Crippen LogP contribution in [-0.4, -0.2) is 39.1 Å². The van der Waals surface area contributed by atoms with Crippen molar-refractivity contribution in [2.24, 2.45) is 0 Å². The average molecular weight is 405 g/mol. The molecule has 0 aliphatic rings. The van der Waals surface area contributed by atoms with E-state index in [0.717, 1.165) is 11.4 Å². The number of carbonyl (C=O) groups is 2. The number of esters is 1. The van der Waals surface area contributed by atoms with Gasteiger partial charge >= 0.3 is 5.97 Å². The fraction of sp³-hybridized carbons (Fsp3) is 0.167. The summed E-state index contributed by atoms with van der Waals surface area (Å²) in [6.45, 7) is -0.420. The second-order valence-electron chi connectivity index (χ2n) is 6.41. The third-order valence-electron chi connectivity index (χ3n) is 4.49. The number of hydrogen-bond donors (Lipinski definition) is 0. The number of Topliss-reactive ketones (excluding diaryl/α,β-unsaturated/α-hetero) is 1. The smallest absolute Gasteiger partial charge is 0.326 e. The molecule has 0 N–H and O–H groups in total. The first kappa shape index (κ1) is 20.9. The summed E-state index contributed by atoms with van der Waals surface area (Å²) >= 11 is 0. The Morgan fingerprint density at radius 1 is 0.800 bits per heavy atom. The molecule has 30 heavy (non-hydrogen) atoms. The molecule has 0 aliphatic heterocycles. The average Bonchev–Trinajstić information content (AvgIpc) is 2.81. The summed E-state index contributed by atoms with van der Waals surface area (Å²) in [5.74, 6) is 0.0276. The Balaban J connectivity index is 1.70. The third-order valence-corrected chi connectivity index (χ3v) is 4.49. The Morgan fingerprint density at radius 3 is 1.93 bits per heavy atom. The third kappa shape index (κ3) is 5.17. The van der Waals surface area contributed by atoms with Gasteiger partial charge in [0, 0.05) is 11.4 Å². The maximum absolute atomic E-state index is 12.6. The minimum Gasteiger partial charge on any atom is -0.497 e. The van der Waals surface area contributed by atoms with Gasteiger partial charge in [-0.05, 0) is 42.5 Å². The summed E-state index contributed by atoms with van der Waals surface area (Å²) in [5.41, 5.74) is 2.00. The first-order chi connectivity index (χ1) is 14.6. The molecule has 0 unspecified atom stereocenters. The molecule has 0 amide bonds. The zero-order valence-corrected chi connectivity index (χ0v) is 16.9. The van der Waals surface area contributed by atoms with Crippen molar-refractivity contribution < 1.29 is 23.8 Å². The Bertz CT molecular complexity index is 949. The van der Waals surface area contributed by atoms with Crippen molar-refractivity contribution in [2.75, 3.05) is 32.3 Å². The van der Waals surface area contributed by atoms with Crippen LogP contribution in [0.1, 0.15) is 10.4 Å². The van der Waals surface area contributed by atoms with Gasteiger partial charge < -0.3 is 19.1 Å². The van der Waals surface area contributed by atoms with Crippen LogP contribution in [0.25, 0.3) is 0 Å². The fourth-order valence-electron chi connectivity index (χ4n) is 2.98. The zero-order valence-electron chi connectivity index (χ0n) is 16.9. The van der Waals surface area contributed by atoms with E-state index in [0.29, 0.717) is 17.1 Å². The fourth-order valence-corrected chi connectivity index (χ4v) is 2.98. The van der Waals surface area contributed by atoms with Gasteiger partial charge in [-0.2, -0.15) is 0 Å². The zero-order chi connectivity index (χ0) is 21.3. The molecule has 0 saturated carbocycles. The Morgan fingerprint density at radius 2 is 1.40 bits per heavy atom. The standard InChI is InChI=1S/C24H23NO5/c1-28-20-13-14-23(29-2)21(15-20)22(26)17-30-24(27)16-25(18-9-5-3-6-10-18)19-11-7-4-8-12-19/h3-15H,16-17H2,1-2H3. The highest BCUT2D eigenvalue weighted by Crippen LogP contribution is 2.26. The molecule has 6 heteroatoms. The minimum absolute atomic E-state index is 0.0312. The number of carbonyl (C=O) groups excluding carboxylic acids is 2. The molecule has 0 fully saturated rings. The van der Waals surface area contributed by atoms with Crippen molar-refractivity contribution in [3.05, 3.63) is 84.4 Å². The predicted octanol–water partition coefficient (Wildman–Crippen LogP) is 4.27. The van der Waals surface area contributed by atoms with Gasteiger partial charge in [-0.1, -0.05) is 36.4 Å². The van der Waals surface area contributed by atoms with Crippen molar-refractivity contribution in [1.82, 2.24) is 0 Å². The van der Waals surface area contributed by atoms with Crippen LogP contribution in [0.2, 0.25) is 0 Å². The number of rotatable bonds is 9. The Hall–Kier alpha value is -3.80. The Kier molecular flexibility index (Phi) is 7.05. The van der Waals surface area contributed by atoms with E-state index in [1.807, 2.05) is 65.6 Å². The summed E-state index contributed by atoms with van der Waals surface area (Å²) in [4.78, 5) is 27.0. The molecule has 0 heterocycles. The maximum atomic E-state index is 12.6. The number of nitrogens with zero attached hydrogens (tertiary/aromatic N) is 1. The van der Waals surface area contributed by atoms with E-state index < -0.39 is 5.97 Å². The van der Waals surface area contributed by atoms with Crippen LogP contribution in [0.15, 0.2) is 78.9 Å². The van der Waals surface area contributed by atoms with Crippen LogP contribution in [0, 0.1) is 0 Å². The van der Waals surface area contributed by atoms with Gasteiger partial charge in [0.1, 0.15) is 18.0 Å². The number of benzene rings is 3. The van der Waals surface area contributed by atoms with Crippen molar-refractivity contribution in [2.45, 2.75) is 0 Å². The molecule has 3 aromatic rings. The van der Waals surface area contributed by atoms with Crippen molar-refractivity contribution in [3.63, 3.8) is 0 Å². The summed E-state index contributed by atoms with van der Waals surface area (Å²) in [6, 6.07) is 23.9. The summed E-state index contributed by atoms with van der Waals surface area (Å²) in [6.07, 6.45) is 0. The molecule has 0 atom stereocenters. The summed E-state index contributed by atoms with van der Waals surface area (Å²) in [7, 11) is 2.99.